The van der Waals surface area contributed by atoms with Gasteiger partial charge in [0.1, 0.15) is 5.60 Å². The normalized spacial score (nSPS) is 12.3. The lowest BCUT2D eigenvalue weighted by Gasteiger charge is -2.20. The Hall–Kier alpha value is -2.70. The van der Waals surface area contributed by atoms with Crippen molar-refractivity contribution in [2.24, 2.45) is 0 Å². The van der Waals surface area contributed by atoms with Crippen molar-refractivity contribution < 1.29 is 18.3 Å². The lowest BCUT2D eigenvalue weighted by atomic mass is 9.85. The molecule has 0 spiro atoms. The molecule has 0 unspecified atom stereocenters. The number of rotatable bonds is 7. The van der Waals surface area contributed by atoms with E-state index in [2.05, 4.69) is 21.0 Å². The SMILES string of the molecule is CC(C)c1cc(C#N)cc(C(C)C)c1CC(=O)NS(=O)(=O)c1cc(C(C)(C)O)[nH]n1. The summed E-state index contributed by atoms with van der Waals surface area (Å²) in [5.41, 5.74) is 1.84. The Morgan fingerprint density at radius 1 is 1.20 bits per heavy atom. The number of nitrogens with zero attached hydrogens (tertiary/aromatic N) is 2. The summed E-state index contributed by atoms with van der Waals surface area (Å²) < 4.78 is 27.2. The predicted molar refractivity (Wildman–Crippen MR) is 112 cm³/mol. The van der Waals surface area contributed by atoms with Crippen LogP contribution in [0.3, 0.4) is 0 Å². The second-order valence-electron chi connectivity index (χ2n) is 8.44. The fraction of sp³-hybridized carbons (Fsp3) is 0.476. The molecule has 0 aliphatic rings. The smallest absolute Gasteiger partial charge is 0.283 e. The molecule has 162 valence electrons. The number of benzene rings is 1. The van der Waals surface area contributed by atoms with Crippen LogP contribution in [0.1, 0.15) is 81.3 Å². The Labute approximate surface area is 177 Å². The van der Waals surface area contributed by atoms with E-state index in [1.54, 1.807) is 12.1 Å². The van der Waals surface area contributed by atoms with E-state index >= 15 is 0 Å². The van der Waals surface area contributed by atoms with Gasteiger partial charge in [-0.1, -0.05) is 27.7 Å². The molecule has 8 nitrogen and oxygen atoms in total. The number of hydrogen-bond donors (Lipinski definition) is 3. The van der Waals surface area contributed by atoms with Crippen LogP contribution < -0.4 is 4.72 Å². The van der Waals surface area contributed by atoms with Crippen LogP contribution in [-0.2, 0) is 26.8 Å². The van der Waals surface area contributed by atoms with Gasteiger partial charge in [-0.3, -0.25) is 9.89 Å². The van der Waals surface area contributed by atoms with E-state index in [0.29, 0.717) is 5.56 Å². The van der Waals surface area contributed by atoms with E-state index in [0.717, 1.165) is 16.7 Å². The summed E-state index contributed by atoms with van der Waals surface area (Å²) in [5, 5.41) is 25.1. The van der Waals surface area contributed by atoms with Crippen LogP contribution >= 0.6 is 0 Å². The molecule has 0 bridgehead atoms. The minimum atomic E-state index is -4.20. The summed E-state index contributed by atoms with van der Waals surface area (Å²) in [5.74, 6) is -0.594. The molecule has 0 aliphatic carbocycles. The average Bonchev–Trinajstić information content (AvgIpc) is 3.12. The highest BCUT2D eigenvalue weighted by Gasteiger charge is 2.27. The van der Waals surface area contributed by atoms with E-state index in [9.17, 15) is 23.6 Å². The molecule has 9 heteroatoms. The largest absolute Gasteiger partial charge is 0.384 e. The van der Waals surface area contributed by atoms with Crippen LogP contribution in [0, 0.1) is 11.3 Å². The van der Waals surface area contributed by atoms with Crippen LogP contribution in [-0.4, -0.2) is 29.6 Å². The van der Waals surface area contributed by atoms with Crippen molar-refractivity contribution >= 4 is 15.9 Å². The number of carbonyl (C=O) groups is 1. The molecule has 0 fully saturated rings. The number of H-pyrrole nitrogens is 1. The molecule has 1 aromatic carbocycles. The van der Waals surface area contributed by atoms with Gasteiger partial charge in [0.2, 0.25) is 5.91 Å². The van der Waals surface area contributed by atoms with Crippen LogP contribution in [0.4, 0.5) is 0 Å². The maximum absolute atomic E-state index is 12.7. The van der Waals surface area contributed by atoms with Crippen molar-refractivity contribution in [2.75, 3.05) is 0 Å². The summed E-state index contributed by atoms with van der Waals surface area (Å²) in [7, 11) is -4.20. The van der Waals surface area contributed by atoms with Crippen LogP contribution in [0.2, 0.25) is 0 Å². The minimum absolute atomic E-state index is 0.0518. The number of aromatic nitrogens is 2. The lowest BCUT2D eigenvalue weighted by Crippen LogP contribution is -2.32. The fourth-order valence-electron chi connectivity index (χ4n) is 3.17. The van der Waals surface area contributed by atoms with Gasteiger partial charge in [-0.05, 0) is 54.5 Å². The van der Waals surface area contributed by atoms with Gasteiger partial charge in [0.25, 0.3) is 10.0 Å². The Morgan fingerprint density at radius 2 is 1.73 bits per heavy atom. The highest BCUT2D eigenvalue weighted by atomic mass is 32.2. The molecule has 1 aromatic heterocycles. The molecular formula is C21H28N4O4S. The van der Waals surface area contributed by atoms with Gasteiger partial charge in [0, 0.05) is 6.07 Å². The van der Waals surface area contributed by atoms with Gasteiger partial charge in [-0.2, -0.15) is 18.8 Å². The van der Waals surface area contributed by atoms with Gasteiger partial charge < -0.3 is 5.11 Å². The molecule has 2 aromatic rings. The number of amides is 1. The zero-order valence-electron chi connectivity index (χ0n) is 18.1. The summed E-state index contributed by atoms with van der Waals surface area (Å²) in [4.78, 5) is 12.7. The van der Waals surface area contributed by atoms with E-state index in [1.165, 1.54) is 19.9 Å². The highest BCUT2D eigenvalue weighted by molar-refractivity contribution is 7.90. The van der Waals surface area contributed by atoms with Gasteiger partial charge in [-0.15, -0.1) is 0 Å². The summed E-state index contributed by atoms with van der Waals surface area (Å²) in [6.07, 6.45) is -0.144. The van der Waals surface area contributed by atoms with Gasteiger partial charge >= 0.3 is 0 Å². The molecular weight excluding hydrogens is 404 g/mol. The third-order valence-corrected chi connectivity index (χ3v) is 6.02. The van der Waals surface area contributed by atoms with Gasteiger partial charge in [0.05, 0.1) is 23.7 Å². The monoisotopic (exact) mass is 432 g/mol. The molecule has 0 saturated heterocycles. The number of carbonyl (C=O) groups excluding carboxylic acids is 1. The molecule has 3 N–H and O–H groups in total. The Bertz CT molecular complexity index is 1060. The molecule has 0 radical (unpaired) electrons. The zero-order valence-corrected chi connectivity index (χ0v) is 18.9. The minimum Gasteiger partial charge on any atom is -0.384 e. The predicted octanol–water partition coefficient (Wildman–Crippen LogP) is 2.80. The topological polar surface area (TPSA) is 136 Å². The molecule has 0 aliphatic heterocycles. The highest BCUT2D eigenvalue weighted by Crippen LogP contribution is 2.30. The van der Waals surface area contributed by atoms with Crippen molar-refractivity contribution in [3.05, 3.63) is 46.1 Å². The number of nitriles is 1. The van der Waals surface area contributed by atoms with Crippen molar-refractivity contribution in [1.82, 2.24) is 14.9 Å². The second kappa shape index (κ2) is 8.58. The first-order valence-corrected chi connectivity index (χ1v) is 11.1. The maximum atomic E-state index is 12.7. The van der Waals surface area contributed by atoms with Gasteiger partial charge in [-0.25, -0.2) is 4.72 Å². The van der Waals surface area contributed by atoms with Crippen molar-refractivity contribution in [1.29, 1.82) is 5.26 Å². The third-order valence-electron chi connectivity index (χ3n) is 4.77. The average molecular weight is 433 g/mol. The first kappa shape index (κ1) is 23.6. The second-order valence-corrected chi connectivity index (χ2v) is 10.1. The fourth-order valence-corrected chi connectivity index (χ4v) is 4.09. The lowest BCUT2D eigenvalue weighted by molar-refractivity contribution is -0.118. The quantitative estimate of drug-likeness (QED) is 0.615. The first-order chi connectivity index (χ1) is 13.8. The summed E-state index contributed by atoms with van der Waals surface area (Å²) >= 11 is 0. The van der Waals surface area contributed by atoms with E-state index in [4.69, 9.17) is 0 Å². The van der Waals surface area contributed by atoms with E-state index in [1.807, 2.05) is 27.7 Å². The number of aliphatic hydroxyl groups is 1. The zero-order chi connectivity index (χ0) is 22.9. The molecule has 1 heterocycles. The van der Waals surface area contributed by atoms with Gasteiger partial charge in [0.15, 0.2) is 5.03 Å². The molecule has 0 saturated carbocycles. The van der Waals surface area contributed by atoms with E-state index in [-0.39, 0.29) is 29.0 Å². The van der Waals surface area contributed by atoms with Crippen LogP contribution in [0.15, 0.2) is 23.2 Å². The molecule has 0 atom stereocenters. The summed E-state index contributed by atoms with van der Waals surface area (Å²) in [6, 6.07) is 6.83. The molecule has 1 amide bonds. The first-order valence-electron chi connectivity index (χ1n) is 9.67. The third kappa shape index (κ3) is 5.26. The van der Waals surface area contributed by atoms with Crippen molar-refractivity contribution in [3.63, 3.8) is 0 Å². The van der Waals surface area contributed by atoms with E-state index < -0.39 is 21.5 Å². The number of hydrogen-bond acceptors (Lipinski definition) is 6. The number of aromatic amines is 1. The Balaban J connectivity index is 2.36. The van der Waals surface area contributed by atoms with Crippen LogP contribution in [0.5, 0.6) is 0 Å². The Kier molecular flexibility index (Phi) is 6.74. The Morgan fingerprint density at radius 3 is 2.13 bits per heavy atom. The van der Waals surface area contributed by atoms with Crippen LogP contribution in [0.25, 0.3) is 0 Å². The van der Waals surface area contributed by atoms with Crippen molar-refractivity contribution in [3.8, 4) is 6.07 Å². The standard InChI is InChI=1S/C21H28N4O4S/c1-12(2)15-7-14(11-22)8-16(13(3)4)17(15)9-19(26)25-30(28,29)20-10-18(23-24-20)21(5,6)27/h7-8,10,12-13,27H,9H2,1-6H3,(H,23,24)(H,25,26). The number of sulfonamides is 1. The maximum Gasteiger partial charge on any atom is 0.283 e. The summed E-state index contributed by atoms with van der Waals surface area (Å²) in [6.45, 7) is 10.8. The molecule has 30 heavy (non-hydrogen) atoms. The molecule has 2 rings (SSSR count). The number of nitrogens with one attached hydrogen (secondary N) is 2. The van der Waals surface area contributed by atoms with Crippen molar-refractivity contribution in [2.45, 2.75) is 70.4 Å².